The van der Waals surface area contributed by atoms with E-state index in [0.29, 0.717) is 30.2 Å². The number of ether oxygens (including phenoxy) is 2. The number of hydrogen-bond donors (Lipinski definition) is 2. The van der Waals surface area contributed by atoms with Gasteiger partial charge >= 0.3 is 0 Å². The van der Waals surface area contributed by atoms with Gasteiger partial charge in [-0.25, -0.2) is 0 Å². The number of amides is 1. The summed E-state index contributed by atoms with van der Waals surface area (Å²) in [6.07, 6.45) is 0.435. The summed E-state index contributed by atoms with van der Waals surface area (Å²) in [4.78, 5) is 11.5. The third-order valence-corrected chi connectivity index (χ3v) is 2.27. The molecular formula is C12H18N2O3. The lowest BCUT2D eigenvalue weighted by molar-refractivity contribution is -0.116. The molecule has 2 N–H and O–H groups in total. The van der Waals surface area contributed by atoms with E-state index in [0.717, 1.165) is 0 Å². The second kappa shape index (κ2) is 6.75. The van der Waals surface area contributed by atoms with Gasteiger partial charge in [-0.15, -0.1) is 0 Å². The molecule has 1 aromatic rings. The van der Waals surface area contributed by atoms with Gasteiger partial charge < -0.3 is 20.1 Å². The maximum absolute atomic E-state index is 11.5. The second-order valence-electron chi connectivity index (χ2n) is 3.47. The largest absolute Gasteiger partial charge is 0.493 e. The van der Waals surface area contributed by atoms with Crippen LogP contribution in [-0.2, 0) is 4.79 Å². The molecule has 0 aromatic heterocycles. The van der Waals surface area contributed by atoms with Crippen LogP contribution in [0.1, 0.15) is 6.42 Å². The Balaban J connectivity index is 2.68. The van der Waals surface area contributed by atoms with Crippen molar-refractivity contribution in [1.82, 2.24) is 5.32 Å². The molecule has 1 rings (SSSR count). The minimum atomic E-state index is -0.0356. The van der Waals surface area contributed by atoms with Crippen LogP contribution in [-0.4, -0.2) is 33.7 Å². The number of hydrogen-bond acceptors (Lipinski definition) is 4. The molecule has 1 amide bonds. The van der Waals surface area contributed by atoms with Gasteiger partial charge in [-0.3, -0.25) is 4.79 Å². The van der Waals surface area contributed by atoms with Crippen molar-refractivity contribution in [3.63, 3.8) is 0 Å². The molecule has 5 heteroatoms. The van der Waals surface area contributed by atoms with E-state index in [4.69, 9.17) is 9.47 Å². The van der Waals surface area contributed by atoms with Gasteiger partial charge in [0.25, 0.3) is 0 Å². The molecule has 5 nitrogen and oxygen atoms in total. The fourth-order valence-corrected chi connectivity index (χ4v) is 1.38. The molecule has 0 aliphatic carbocycles. The third kappa shape index (κ3) is 3.96. The molecule has 0 radical (unpaired) electrons. The Hall–Kier alpha value is -1.75. The van der Waals surface area contributed by atoms with E-state index in [1.807, 2.05) is 7.05 Å². The van der Waals surface area contributed by atoms with Crippen LogP contribution < -0.4 is 20.1 Å². The SMILES string of the molecule is CNCCC(=O)Nc1ccc(OC)c(OC)c1. The summed E-state index contributed by atoms with van der Waals surface area (Å²) in [7, 11) is 4.94. The lowest BCUT2D eigenvalue weighted by Gasteiger charge is -2.10. The Morgan fingerprint density at radius 1 is 1.24 bits per heavy atom. The van der Waals surface area contributed by atoms with Crippen LogP contribution in [0.5, 0.6) is 11.5 Å². The molecule has 0 unspecified atom stereocenters. The van der Waals surface area contributed by atoms with Crippen molar-refractivity contribution in [3.05, 3.63) is 18.2 Å². The minimum absolute atomic E-state index is 0.0356. The fraction of sp³-hybridized carbons (Fsp3) is 0.417. The van der Waals surface area contributed by atoms with Crippen LogP contribution in [0.2, 0.25) is 0 Å². The van der Waals surface area contributed by atoms with Crippen LogP contribution in [0.3, 0.4) is 0 Å². The van der Waals surface area contributed by atoms with E-state index >= 15 is 0 Å². The summed E-state index contributed by atoms with van der Waals surface area (Å²) >= 11 is 0. The molecule has 94 valence electrons. The predicted molar refractivity (Wildman–Crippen MR) is 66.7 cm³/mol. The molecular weight excluding hydrogens is 220 g/mol. The van der Waals surface area contributed by atoms with E-state index in [9.17, 15) is 4.79 Å². The first kappa shape index (κ1) is 13.3. The zero-order chi connectivity index (χ0) is 12.7. The maximum Gasteiger partial charge on any atom is 0.225 e. The normalized spacial score (nSPS) is 9.82. The summed E-state index contributed by atoms with van der Waals surface area (Å²) < 4.78 is 10.3. The van der Waals surface area contributed by atoms with Gasteiger partial charge in [-0.2, -0.15) is 0 Å². The number of nitrogens with one attached hydrogen (secondary N) is 2. The van der Waals surface area contributed by atoms with Crippen LogP contribution in [0.4, 0.5) is 5.69 Å². The second-order valence-corrected chi connectivity index (χ2v) is 3.47. The van der Waals surface area contributed by atoms with Gasteiger partial charge in [-0.1, -0.05) is 0 Å². The predicted octanol–water partition coefficient (Wildman–Crippen LogP) is 1.25. The minimum Gasteiger partial charge on any atom is -0.493 e. The smallest absolute Gasteiger partial charge is 0.225 e. The summed E-state index contributed by atoms with van der Waals surface area (Å²) in [6.45, 7) is 0.652. The van der Waals surface area contributed by atoms with E-state index in [2.05, 4.69) is 10.6 Å². The van der Waals surface area contributed by atoms with E-state index in [-0.39, 0.29) is 5.91 Å². The third-order valence-electron chi connectivity index (χ3n) is 2.27. The van der Waals surface area contributed by atoms with Crippen LogP contribution in [0.15, 0.2) is 18.2 Å². The van der Waals surface area contributed by atoms with Crippen molar-refractivity contribution in [2.45, 2.75) is 6.42 Å². The lowest BCUT2D eigenvalue weighted by Crippen LogP contribution is -2.18. The average Bonchev–Trinajstić information content (AvgIpc) is 2.36. The van der Waals surface area contributed by atoms with E-state index in [1.54, 1.807) is 32.4 Å². The average molecular weight is 238 g/mol. The first-order valence-electron chi connectivity index (χ1n) is 5.37. The molecule has 17 heavy (non-hydrogen) atoms. The standard InChI is InChI=1S/C12H18N2O3/c1-13-7-6-12(15)14-9-4-5-10(16-2)11(8-9)17-3/h4-5,8,13H,6-7H2,1-3H3,(H,14,15). The number of anilines is 1. The van der Waals surface area contributed by atoms with Gasteiger partial charge in [0, 0.05) is 24.7 Å². The van der Waals surface area contributed by atoms with Crippen LogP contribution in [0.25, 0.3) is 0 Å². The van der Waals surface area contributed by atoms with Gasteiger partial charge in [0.2, 0.25) is 5.91 Å². The molecule has 0 aliphatic rings. The molecule has 0 bridgehead atoms. The Labute approximate surface area is 101 Å². The van der Waals surface area contributed by atoms with E-state index < -0.39 is 0 Å². The van der Waals surface area contributed by atoms with Crippen molar-refractivity contribution >= 4 is 11.6 Å². The molecule has 0 atom stereocenters. The van der Waals surface area contributed by atoms with Crippen molar-refractivity contribution in [3.8, 4) is 11.5 Å². The summed E-state index contributed by atoms with van der Waals surface area (Å²) in [5.74, 6) is 1.20. The number of benzene rings is 1. The first-order chi connectivity index (χ1) is 8.21. The Bertz CT molecular complexity index is 380. The summed E-state index contributed by atoms with van der Waals surface area (Å²) in [5.41, 5.74) is 0.698. The highest BCUT2D eigenvalue weighted by molar-refractivity contribution is 5.91. The zero-order valence-electron chi connectivity index (χ0n) is 10.4. The highest BCUT2D eigenvalue weighted by Gasteiger charge is 2.06. The molecule has 1 aromatic carbocycles. The van der Waals surface area contributed by atoms with Gasteiger partial charge in [0.05, 0.1) is 14.2 Å². The monoisotopic (exact) mass is 238 g/mol. The van der Waals surface area contributed by atoms with Crippen molar-refractivity contribution < 1.29 is 14.3 Å². The number of carbonyl (C=O) groups excluding carboxylic acids is 1. The van der Waals surface area contributed by atoms with Crippen LogP contribution >= 0.6 is 0 Å². The van der Waals surface area contributed by atoms with Gasteiger partial charge in [-0.05, 0) is 19.2 Å². The van der Waals surface area contributed by atoms with Gasteiger partial charge in [0.15, 0.2) is 11.5 Å². The molecule has 0 heterocycles. The first-order valence-corrected chi connectivity index (χ1v) is 5.37. The number of rotatable bonds is 6. The zero-order valence-corrected chi connectivity index (χ0v) is 10.4. The quantitative estimate of drug-likeness (QED) is 0.783. The number of methoxy groups -OCH3 is 2. The lowest BCUT2D eigenvalue weighted by atomic mass is 10.2. The molecule has 0 saturated carbocycles. The molecule has 0 spiro atoms. The Morgan fingerprint density at radius 3 is 2.53 bits per heavy atom. The fourth-order valence-electron chi connectivity index (χ4n) is 1.38. The molecule has 0 fully saturated rings. The summed E-state index contributed by atoms with van der Waals surface area (Å²) in [5, 5.41) is 5.71. The Morgan fingerprint density at radius 2 is 1.94 bits per heavy atom. The summed E-state index contributed by atoms with van der Waals surface area (Å²) in [6, 6.07) is 5.27. The van der Waals surface area contributed by atoms with Crippen molar-refractivity contribution in [2.75, 3.05) is 33.1 Å². The highest BCUT2D eigenvalue weighted by Crippen LogP contribution is 2.29. The molecule has 0 saturated heterocycles. The topological polar surface area (TPSA) is 59.6 Å². The van der Waals surface area contributed by atoms with Crippen molar-refractivity contribution in [2.24, 2.45) is 0 Å². The van der Waals surface area contributed by atoms with Crippen molar-refractivity contribution in [1.29, 1.82) is 0 Å². The molecule has 0 aliphatic heterocycles. The maximum atomic E-state index is 11.5. The highest BCUT2D eigenvalue weighted by atomic mass is 16.5. The number of carbonyl (C=O) groups is 1. The Kier molecular flexibility index (Phi) is 5.29. The van der Waals surface area contributed by atoms with Crippen LogP contribution in [0, 0.1) is 0 Å². The van der Waals surface area contributed by atoms with E-state index in [1.165, 1.54) is 0 Å². The van der Waals surface area contributed by atoms with Gasteiger partial charge in [0.1, 0.15) is 0 Å².